The van der Waals surface area contributed by atoms with Crippen LogP contribution in [0, 0.1) is 11.3 Å². The number of likely N-dealkylation sites (tertiary alicyclic amines) is 1. The van der Waals surface area contributed by atoms with Crippen molar-refractivity contribution in [1.29, 1.82) is 5.26 Å². The summed E-state index contributed by atoms with van der Waals surface area (Å²) in [6.07, 6.45) is 5.75. The molecule has 5 rings (SSSR count). The van der Waals surface area contributed by atoms with E-state index >= 15 is 0 Å². The zero-order valence-corrected chi connectivity index (χ0v) is 30.6. The fourth-order valence-corrected chi connectivity index (χ4v) is 7.47. The molecule has 1 heterocycles. The summed E-state index contributed by atoms with van der Waals surface area (Å²) in [5, 5.41) is 27.9. The minimum Gasteiger partial charge on any atom is -0.612 e. The van der Waals surface area contributed by atoms with E-state index in [4.69, 9.17) is 33.4 Å². The van der Waals surface area contributed by atoms with Gasteiger partial charge < -0.3 is 24.6 Å². The van der Waals surface area contributed by atoms with Gasteiger partial charge in [0.1, 0.15) is 6.26 Å². The highest BCUT2D eigenvalue weighted by atomic mass is 35.5. The van der Waals surface area contributed by atoms with E-state index in [1.54, 1.807) is 17.2 Å². The third kappa shape index (κ3) is 11.1. The molecule has 1 aliphatic rings. The van der Waals surface area contributed by atoms with Gasteiger partial charge in [-0.05, 0) is 103 Å². The molecule has 4 aromatic carbocycles. The normalized spacial score (nSPS) is 14.7. The van der Waals surface area contributed by atoms with E-state index in [0.29, 0.717) is 45.8 Å². The minimum atomic E-state index is -1.26. The Morgan fingerprint density at radius 3 is 2.25 bits per heavy atom. The van der Waals surface area contributed by atoms with Crippen LogP contribution in [0.5, 0.6) is 0 Å². The summed E-state index contributed by atoms with van der Waals surface area (Å²) in [4.78, 5) is 38.1. The summed E-state index contributed by atoms with van der Waals surface area (Å²) in [5.74, 6) is -2.19. The molecule has 0 bridgehead atoms. The van der Waals surface area contributed by atoms with Crippen LogP contribution < -0.4 is 0 Å². The fourth-order valence-electron chi connectivity index (χ4n) is 6.33. The summed E-state index contributed by atoms with van der Waals surface area (Å²) in [7, 11) is 1.82. The van der Waals surface area contributed by atoms with Crippen molar-refractivity contribution in [2.24, 2.45) is 0 Å². The van der Waals surface area contributed by atoms with Gasteiger partial charge in [0.15, 0.2) is 4.90 Å². The summed E-state index contributed by atoms with van der Waals surface area (Å²) in [6, 6.07) is 27.2. The Hall–Kier alpha value is -4.37. The molecule has 51 heavy (non-hydrogen) atoms. The van der Waals surface area contributed by atoms with Gasteiger partial charge in [-0.15, -0.1) is 0 Å². The first kappa shape index (κ1) is 39.4. The number of rotatable bonds is 11. The third-order valence-electron chi connectivity index (χ3n) is 8.90. The van der Waals surface area contributed by atoms with Crippen molar-refractivity contribution in [1.82, 2.24) is 9.80 Å². The largest absolute Gasteiger partial charge is 0.612 e. The van der Waals surface area contributed by atoms with Crippen molar-refractivity contribution < 1.29 is 29.1 Å². The van der Waals surface area contributed by atoms with E-state index in [-0.39, 0.29) is 11.8 Å². The van der Waals surface area contributed by atoms with Crippen molar-refractivity contribution in [2.45, 2.75) is 36.0 Å². The summed E-state index contributed by atoms with van der Waals surface area (Å²) >= 11 is 11.7. The van der Waals surface area contributed by atoms with E-state index < -0.39 is 23.1 Å². The van der Waals surface area contributed by atoms with Gasteiger partial charge in [-0.3, -0.25) is 4.79 Å². The van der Waals surface area contributed by atoms with Gasteiger partial charge in [-0.25, -0.2) is 9.59 Å². The van der Waals surface area contributed by atoms with Gasteiger partial charge in [0.2, 0.25) is 0 Å². The Morgan fingerprint density at radius 1 is 0.980 bits per heavy atom. The van der Waals surface area contributed by atoms with Gasteiger partial charge in [0, 0.05) is 42.8 Å². The molecular formula is C39H39Cl2N3O6S. The molecule has 0 aliphatic carbocycles. The maximum absolute atomic E-state index is 13.8. The van der Waals surface area contributed by atoms with Crippen LogP contribution in [0.1, 0.15) is 58.1 Å². The number of carboxylic acids is 2. The number of fused-ring (bicyclic) bond motifs is 1. The third-order valence-corrected chi connectivity index (χ3v) is 10.6. The molecule has 0 aromatic heterocycles. The van der Waals surface area contributed by atoms with Crippen LogP contribution in [-0.4, -0.2) is 81.9 Å². The monoisotopic (exact) mass is 747 g/mol. The predicted octanol–water partition coefficient (Wildman–Crippen LogP) is 7.59. The number of amides is 1. The van der Waals surface area contributed by atoms with Crippen molar-refractivity contribution in [2.75, 3.05) is 39.5 Å². The first-order chi connectivity index (χ1) is 24.4. The molecular weight excluding hydrogens is 709 g/mol. The number of hydrogen-bond acceptors (Lipinski definition) is 6. The first-order valence-corrected chi connectivity index (χ1v) is 18.6. The second-order valence-corrected chi connectivity index (χ2v) is 14.5. The zero-order chi connectivity index (χ0) is 37.1. The van der Waals surface area contributed by atoms with Crippen LogP contribution in [0.15, 0.2) is 95.9 Å². The molecule has 4 aromatic rings. The smallest absolute Gasteiger partial charge is 0.328 e. The number of aliphatic carboxylic acids is 2. The molecule has 1 amide bonds. The second-order valence-electron chi connectivity index (χ2n) is 12.3. The average Bonchev–Trinajstić information content (AvgIpc) is 3.13. The first-order valence-electron chi connectivity index (χ1n) is 16.3. The Bertz CT molecular complexity index is 1920. The van der Waals surface area contributed by atoms with Crippen LogP contribution in [0.4, 0.5) is 0 Å². The number of carbonyl (C=O) groups excluding carboxylic acids is 1. The molecule has 0 radical (unpaired) electrons. The number of carbonyl (C=O) groups is 3. The van der Waals surface area contributed by atoms with Gasteiger partial charge in [-0.1, -0.05) is 71.7 Å². The number of carboxylic acid groups (broad SMARTS) is 2. The van der Waals surface area contributed by atoms with E-state index in [2.05, 4.69) is 17.0 Å². The van der Waals surface area contributed by atoms with Gasteiger partial charge in [-0.2, -0.15) is 5.26 Å². The summed E-state index contributed by atoms with van der Waals surface area (Å²) < 4.78 is 12.3. The van der Waals surface area contributed by atoms with Gasteiger partial charge in [0.05, 0.1) is 21.7 Å². The second kappa shape index (κ2) is 18.7. The number of nitriles is 1. The molecule has 1 saturated heterocycles. The molecule has 0 spiro atoms. The highest BCUT2D eigenvalue weighted by Crippen LogP contribution is 2.34. The molecule has 9 nitrogen and oxygen atoms in total. The number of nitrogens with zero attached hydrogens (tertiary/aromatic N) is 3. The zero-order valence-electron chi connectivity index (χ0n) is 28.3. The van der Waals surface area contributed by atoms with E-state index in [1.807, 2.05) is 73.8 Å². The van der Waals surface area contributed by atoms with E-state index in [9.17, 15) is 24.2 Å². The van der Waals surface area contributed by atoms with Crippen LogP contribution in [0.3, 0.4) is 0 Å². The highest BCUT2D eigenvalue weighted by molar-refractivity contribution is 7.90. The molecule has 266 valence electrons. The molecule has 2 N–H and O–H groups in total. The predicted molar refractivity (Wildman–Crippen MR) is 201 cm³/mol. The topological polar surface area (TPSA) is 145 Å². The standard InChI is InChI=1S/C35H35Cl2N3O2S.C4H4O4/c1-39(35(41)31-20-24(22-38)19-27-7-3-4-8-29(27)31)23-28(26-11-12-32(36)33(37)21-26)15-18-40-16-13-25(14-17-40)30-9-5-6-10-34(30)43(2)42;5-3(6)1-2-4(7)8/h3-12,19-21,25,28H,13-18,23H2,1-2H3;1-2H,(H,5,6)(H,7,8)/b;2-1+/t28-,43+;/m1./s1. The molecule has 1 fully saturated rings. The molecule has 1 aliphatic heterocycles. The number of halogens is 2. The van der Waals surface area contributed by atoms with E-state index in [0.717, 1.165) is 60.1 Å². The van der Waals surface area contributed by atoms with E-state index in [1.165, 1.54) is 5.56 Å². The summed E-state index contributed by atoms with van der Waals surface area (Å²) in [6.45, 7) is 3.30. The molecule has 12 heteroatoms. The van der Waals surface area contributed by atoms with Crippen LogP contribution in [0.2, 0.25) is 10.0 Å². The Morgan fingerprint density at radius 2 is 1.63 bits per heavy atom. The maximum Gasteiger partial charge on any atom is 0.328 e. The number of piperidine rings is 1. The lowest BCUT2D eigenvalue weighted by molar-refractivity contribution is -0.134. The van der Waals surface area contributed by atoms with Crippen LogP contribution in [-0.2, 0) is 20.8 Å². The Labute approximate surface area is 310 Å². The van der Waals surface area contributed by atoms with Gasteiger partial charge in [0.25, 0.3) is 5.91 Å². The number of benzene rings is 4. The maximum atomic E-state index is 13.8. The van der Waals surface area contributed by atoms with Crippen LogP contribution in [0.25, 0.3) is 10.8 Å². The number of likely N-dealkylation sites (N-methyl/N-ethyl adjacent to an activating group) is 1. The number of hydrogen-bond donors (Lipinski definition) is 2. The minimum absolute atomic E-state index is 0.0371. The lowest BCUT2D eigenvalue weighted by Crippen LogP contribution is -2.36. The lowest BCUT2D eigenvalue weighted by atomic mass is 9.88. The molecule has 2 atom stereocenters. The fraction of sp³-hybridized carbons (Fsp3) is 0.282. The Balaban J connectivity index is 0.000000652. The quantitative estimate of drug-likeness (QED) is 0.118. The lowest BCUT2D eigenvalue weighted by Gasteiger charge is -2.34. The van der Waals surface area contributed by atoms with Crippen molar-refractivity contribution in [3.05, 3.63) is 123 Å². The van der Waals surface area contributed by atoms with Gasteiger partial charge >= 0.3 is 11.9 Å². The van der Waals surface area contributed by atoms with Crippen LogP contribution >= 0.6 is 23.2 Å². The molecule has 0 saturated carbocycles. The Kier molecular flexibility index (Phi) is 14.5. The SMILES string of the molecule is CN(C[C@@H](CCN1CCC(c2ccccc2[S@+](C)[O-])CC1)c1ccc(Cl)c(Cl)c1)C(=O)c1cc(C#N)cc2ccccc12.O=C(O)/C=C/C(=O)O. The van der Waals surface area contributed by atoms with Crippen molar-refractivity contribution in [3.8, 4) is 6.07 Å². The van der Waals surface area contributed by atoms with Crippen molar-refractivity contribution in [3.63, 3.8) is 0 Å². The molecule has 0 unspecified atom stereocenters. The van der Waals surface area contributed by atoms with Crippen molar-refractivity contribution >= 4 is 63.0 Å². The highest BCUT2D eigenvalue weighted by Gasteiger charge is 2.27. The average molecular weight is 749 g/mol. The summed E-state index contributed by atoms with van der Waals surface area (Å²) in [5.41, 5.74) is 3.25.